The molecule has 3 rings (SSSR count). The van der Waals surface area contributed by atoms with E-state index in [1.807, 2.05) is 41.5 Å². The summed E-state index contributed by atoms with van der Waals surface area (Å²) in [5.74, 6) is 0.542. The van der Waals surface area contributed by atoms with Crippen molar-refractivity contribution in [3.05, 3.63) is 50.9 Å². The number of nitrogens with zero attached hydrogens (tertiary/aromatic N) is 2. The maximum atomic E-state index is 12.6. The third-order valence-electron chi connectivity index (χ3n) is 5.08. The van der Waals surface area contributed by atoms with Crippen LogP contribution in [-0.2, 0) is 22.6 Å². The number of benzene rings is 1. The molecule has 0 saturated carbocycles. The second kappa shape index (κ2) is 10.0. The van der Waals surface area contributed by atoms with Crippen molar-refractivity contribution in [2.24, 2.45) is 5.92 Å². The molecule has 2 amide bonds. The molecule has 5 nitrogen and oxygen atoms in total. The third kappa shape index (κ3) is 6.04. The molecule has 0 spiro atoms. The number of thiazole rings is 1. The number of carbonyl (C=O) groups excluding carboxylic acids is 2. The molecule has 0 bridgehead atoms. The Morgan fingerprint density at radius 1 is 1.36 bits per heavy atom. The first-order valence-electron chi connectivity index (χ1n) is 9.70. The quantitative estimate of drug-likeness (QED) is 0.738. The van der Waals surface area contributed by atoms with Crippen LogP contribution in [0, 0.1) is 12.8 Å². The van der Waals surface area contributed by atoms with E-state index in [2.05, 4.69) is 10.3 Å². The number of halogens is 1. The summed E-state index contributed by atoms with van der Waals surface area (Å²) in [6.45, 7) is 3.93. The zero-order chi connectivity index (χ0) is 19.9. The average Bonchev–Trinajstić information content (AvgIpc) is 3.10. The maximum absolute atomic E-state index is 12.6. The van der Waals surface area contributed by atoms with E-state index >= 15 is 0 Å². The van der Waals surface area contributed by atoms with E-state index in [1.165, 1.54) is 0 Å². The second-order valence-electron chi connectivity index (χ2n) is 7.29. The predicted molar refractivity (Wildman–Crippen MR) is 112 cm³/mol. The molecule has 0 aliphatic carbocycles. The highest BCUT2D eigenvalue weighted by molar-refractivity contribution is 7.09. The molecular formula is C21H26ClN3O2S. The molecule has 1 fully saturated rings. The van der Waals surface area contributed by atoms with Crippen molar-refractivity contribution in [3.63, 3.8) is 0 Å². The van der Waals surface area contributed by atoms with Gasteiger partial charge in [0.25, 0.3) is 0 Å². The summed E-state index contributed by atoms with van der Waals surface area (Å²) in [6, 6.07) is 7.52. The Bertz CT molecular complexity index is 823. The first kappa shape index (κ1) is 20.8. The highest BCUT2D eigenvalue weighted by Crippen LogP contribution is 2.22. The molecule has 2 aromatic rings. The van der Waals surface area contributed by atoms with Crippen LogP contribution in [0.15, 0.2) is 29.6 Å². The van der Waals surface area contributed by atoms with Crippen molar-refractivity contribution in [1.29, 1.82) is 0 Å². The van der Waals surface area contributed by atoms with Crippen LogP contribution in [0.2, 0.25) is 5.02 Å². The zero-order valence-electron chi connectivity index (χ0n) is 16.1. The fourth-order valence-corrected chi connectivity index (χ4v) is 4.36. The number of hydrogen-bond donors (Lipinski definition) is 1. The second-order valence-corrected chi connectivity index (χ2v) is 8.76. The Morgan fingerprint density at radius 3 is 2.93 bits per heavy atom. The van der Waals surface area contributed by atoms with E-state index in [-0.39, 0.29) is 11.8 Å². The Hall–Kier alpha value is -1.92. The van der Waals surface area contributed by atoms with Gasteiger partial charge in [0.2, 0.25) is 11.8 Å². The van der Waals surface area contributed by atoms with Gasteiger partial charge in [-0.1, -0.05) is 29.8 Å². The number of likely N-dealkylation sites (tertiary alicyclic amines) is 1. The van der Waals surface area contributed by atoms with Crippen molar-refractivity contribution in [2.75, 3.05) is 13.1 Å². The van der Waals surface area contributed by atoms with Crippen LogP contribution in [0.1, 0.15) is 41.9 Å². The summed E-state index contributed by atoms with van der Waals surface area (Å²) in [4.78, 5) is 31.1. The molecule has 2 heterocycles. The number of nitrogens with one attached hydrogen (secondary N) is 1. The monoisotopic (exact) mass is 419 g/mol. The number of hydrogen-bond acceptors (Lipinski definition) is 4. The van der Waals surface area contributed by atoms with Crippen LogP contribution in [0.4, 0.5) is 0 Å². The van der Waals surface area contributed by atoms with Gasteiger partial charge in [-0.25, -0.2) is 4.98 Å². The average molecular weight is 420 g/mol. The van der Waals surface area contributed by atoms with Crippen LogP contribution in [-0.4, -0.2) is 34.8 Å². The lowest BCUT2D eigenvalue weighted by atomic mass is 9.93. The molecule has 28 heavy (non-hydrogen) atoms. The maximum Gasteiger partial charge on any atom is 0.228 e. The molecule has 0 unspecified atom stereocenters. The number of carbonyl (C=O) groups is 2. The smallest absolute Gasteiger partial charge is 0.228 e. The first-order valence-corrected chi connectivity index (χ1v) is 11.0. The van der Waals surface area contributed by atoms with E-state index in [0.717, 1.165) is 48.6 Å². The summed E-state index contributed by atoms with van der Waals surface area (Å²) in [7, 11) is 0. The molecular weight excluding hydrogens is 394 g/mol. The number of amides is 2. The summed E-state index contributed by atoms with van der Waals surface area (Å²) >= 11 is 7.69. The molecule has 1 aliphatic heterocycles. The Morgan fingerprint density at radius 2 is 2.18 bits per heavy atom. The molecule has 1 aromatic carbocycles. The number of piperidine rings is 1. The minimum Gasteiger partial charge on any atom is -0.352 e. The van der Waals surface area contributed by atoms with E-state index in [1.54, 1.807) is 11.3 Å². The minimum absolute atomic E-state index is 0.0290. The van der Waals surface area contributed by atoms with Crippen LogP contribution in [0.25, 0.3) is 0 Å². The van der Waals surface area contributed by atoms with Crippen molar-refractivity contribution >= 4 is 34.8 Å². The van der Waals surface area contributed by atoms with Gasteiger partial charge < -0.3 is 10.2 Å². The lowest BCUT2D eigenvalue weighted by Crippen LogP contribution is -2.41. The summed E-state index contributed by atoms with van der Waals surface area (Å²) in [6.07, 6.45) is 3.71. The SMILES string of the molecule is Cc1nc(CC(=O)N2CCC[C@H](CCC(=O)NCc3ccccc3Cl)C2)cs1. The van der Waals surface area contributed by atoms with Gasteiger partial charge in [-0.05, 0) is 43.7 Å². The van der Waals surface area contributed by atoms with Gasteiger partial charge in [-0.3, -0.25) is 9.59 Å². The molecule has 1 aliphatic rings. The van der Waals surface area contributed by atoms with Gasteiger partial charge in [-0.15, -0.1) is 11.3 Å². The highest BCUT2D eigenvalue weighted by atomic mass is 35.5. The Kier molecular flexibility index (Phi) is 7.45. The van der Waals surface area contributed by atoms with Crippen LogP contribution in [0.3, 0.4) is 0 Å². The van der Waals surface area contributed by atoms with E-state index in [4.69, 9.17) is 11.6 Å². The predicted octanol–water partition coefficient (Wildman–Crippen LogP) is 3.98. The van der Waals surface area contributed by atoms with Crippen molar-refractivity contribution in [2.45, 2.75) is 45.6 Å². The lowest BCUT2D eigenvalue weighted by molar-refractivity contribution is -0.132. The van der Waals surface area contributed by atoms with Crippen LogP contribution in [0.5, 0.6) is 0 Å². The van der Waals surface area contributed by atoms with E-state index in [0.29, 0.717) is 30.3 Å². The molecule has 1 atom stereocenters. The number of aromatic nitrogens is 1. The minimum atomic E-state index is 0.0290. The molecule has 1 saturated heterocycles. The molecule has 1 aromatic heterocycles. The number of rotatable bonds is 7. The van der Waals surface area contributed by atoms with Gasteiger partial charge >= 0.3 is 0 Å². The fourth-order valence-electron chi connectivity index (χ4n) is 3.54. The van der Waals surface area contributed by atoms with Gasteiger partial charge in [0.1, 0.15) is 0 Å². The van der Waals surface area contributed by atoms with E-state index < -0.39 is 0 Å². The van der Waals surface area contributed by atoms with Gasteiger partial charge in [0.05, 0.1) is 17.1 Å². The standard InChI is InChI=1S/C21H26ClN3O2S/c1-15-24-18(14-28-15)11-21(27)25-10-4-5-16(13-25)8-9-20(26)23-12-17-6-2-3-7-19(17)22/h2-3,6-7,14,16H,4-5,8-13H2,1H3,(H,23,26)/t16-/m1/s1. The van der Waals surface area contributed by atoms with Crippen molar-refractivity contribution < 1.29 is 9.59 Å². The van der Waals surface area contributed by atoms with Crippen LogP contribution < -0.4 is 5.32 Å². The van der Waals surface area contributed by atoms with Crippen molar-refractivity contribution in [1.82, 2.24) is 15.2 Å². The van der Waals surface area contributed by atoms with Gasteiger partial charge in [0.15, 0.2) is 0 Å². The molecule has 150 valence electrons. The van der Waals surface area contributed by atoms with E-state index in [9.17, 15) is 9.59 Å². The Labute approximate surface area is 175 Å². The summed E-state index contributed by atoms with van der Waals surface area (Å²) in [5.41, 5.74) is 1.78. The highest BCUT2D eigenvalue weighted by Gasteiger charge is 2.24. The van der Waals surface area contributed by atoms with Gasteiger partial charge in [0, 0.05) is 36.5 Å². The van der Waals surface area contributed by atoms with Crippen LogP contribution >= 0.6 is 22.9 Å². The third-order valence-corrected chi connectivity index (χ3v) is 6.28. The van der Waals surface area contributed by atoms with Gasteiger partial charge in [-0.2, -0.15) is 0 Å². The first-order chi connectivity index (χ1) is 13.5. The molecule has 1 N–H and O–H groups in total. The number of aryl methyl sites for hydroxylation is 1. The fraction of sp³-hybridized carbons (Fsp3) is 0.476. The van der Waals surface area contributed by atoms with Crippen molar-refractivity contribution in [3.8, 4) is 0 Å². The lowest BCUT2D eigenvalue weighted by Gasteiger charge is -2.32. The summed E-state index contributed by atoms with van der Waals surface area (Å²) in [5, 5.41) is 6.55. The topological polar surface area (TPSA) is 62.3 Å². The Balaban J connectivity index is 1.41. The molecule has 7 heteroatoms. The normalized spacial score (nSPS) is 16.8. The summed E-state index contributed by atoms with van der Waals surface area (Å²) < 4.78 is 0. The molecule has 0 radical (unpaired) electrons. The largest absolute Gasteiger partial charge is 0.352 e. The zero-order valence-corrected chi connectivity index (χ0v) is 17.7.